The first-order chi connectivity index (χ1) is 7.84. The molecule has 0 saturated heterocycles. The Bertz CT molecular complexity index is 401. The summed E-state index contributed by atoms with van der Waals surface area (Å²) in [5.74, 6) is -0.0927. The lowest BCUT2D eigenvalue weighted by Crippen LogP contribution is -2.34. The number of rotatable bonds is 4. The van der Waals surface area contributed by atoms with Crippen LogP contribution in [0.5, 0.6) is 0 Å². The summed E-state index contributed by atoms with van der Waals surface area (Å²) in [5.41, 5.74) is -0.192. The standard InChI is InChI=1S/C12H14F3NO/c1-8(17)11(16-2)7-9-4-3-5-10(6-9)12(13,14)15/h3-6,11,16H,7H2,1-2H3. The molecule has 1 rings (SSSR count). The monoisotopic (exact) mass is 245 g/mol. The predicted molar refractivity (Wildman–Crippen MR) is 58.7 cm³/mol. The SMILES string of the molecule is CNC(Cc1cccc(C(F)(F)F)c1)C(C)=O. The van der Waals surface area contributed by atoms with Gasteiger partial charge in [-0.1, -0.05) is 18.2 Å². The number of ketones is 1. The van der Waals surface area contributed by atoms with Crippen molar-refractivity contribution in [2.45, 2.75) is 25.6 Å². The van der Waals surface area contributed by atoms with Gasteiger partial charge in [0.05, 0.1) is 11.6 Å². The lowest BCUT2D eigenvalue weighted by atomic mass is 10.0. The molecule has 1 aromatic rings. The maximum absolute atomic E-state index is 12.5. The minimum Gasteiger partial charge on any atom is -0.310 e. The molecule has 0 aliphatic heterocycles. The van der Waals surface area contributed by atoms with Gasteiger partial charge in [0, 0.05) is 0 Å². The second kappa shape index (κ2) is 5.31. The highest BCUT2D eigenvalue weighted by atomic mass is 19.4. The van der Waals surface area contributed by atoms with E-state index in [-0.39, 0.29) is 12.2 Å². The molecule has 94 valence electrons. The Balaban J connectivity index is 2.89. The molecule has 17 heavy (non-hydrogen) atoms. The fourth-order valence-corrected chi connectivity index (χ4v) is 1.56. The number of nitrogens with one attached hydrogen (secondary N) is 1. The summed E-state index contributed by atoms with van der Waals surface area (Å²) in [4.78, 5) is 11.2. The van der Waals surface area contributed by atoms with Crippen molar-refractivity contribution in [3.63, 3.8) is 0 Å². The molecular formula is C12H14F3NO. The van der Waals surface area contributed by atoms with Crippen molar-refractivity contribution in [1.29, 1.82) is 0 Å². The van der Waals surface area contributed by atoms with Gasteiger partial charge in [0.2, 0.25) is 0 Å². The largest absolute Gasteiger partial charge is 0.416 e. The lowest BCUT2D eigenvalue weighted by Gasteiger charge is -2.14. The molecule has 0 bridgehead atoms. The number of Topliss-reactive ketones (excluding diaryl/α,β-unsaturated/α-hetero) is 1. The quantitative estimate of drug-likeness (QED) is 0.882. The van der Waals surface area contributed by atoms with E-state index in [1.165, 1.54) is 13.0 Å². The topological polar surface area (TPSA) is 29.1 Å². The van der Waals surface area contributed by atoms with E-state index in [1.54, 1.807) is 13.1 Å². The molecule has 0 spiro atoms. The molecule has 0 amide bonds. The van der Waals surface area contributed by atoms with Crippen LogP contribution in [-0.4, -0.2) is 18.9 Å². The zero-order valence-corrected chi connectivity index (χ0v) is 9.64. The number of carbonyl (C=O) groups is 1. The number of likely N-dealkylation sites (N-methyl/N-ethyl adjacent to an activating group) is 1. The zero-order chi connectivity index (χ0) is 13.1. The maximum Gasteiger partial charge on any atom is 0.416 e. The maximum atomic E-state index is 12.5. The molecule has 5 heteroatoms. The van der Waals surface area contributed by atoms with E-state index in [9.17, 15) is 18.0 Å². The minimum atomic E-state index is -4.35. The van der Waals surface area contributed by atoms with Crippen LogP contribution in [-0.2, 0) is 17.4 Å². The molecule has 2 nitrogen and oxygen atoms in total. The van der Waals surface area contributed by atoms with Crippen molar-refractivity contribution in [3.05, 3.63) is 35.4 Å². The number of hydrogen-bond acceptors (Lipinski definition) is 2. The number of carbonyl (C=O) groups excluding carboxylic acids is 1. The van der Waals surface area contributed by atoms with Crippen molar-refractivity contribution in [3.8, 4) is 0 Å². The molecule has 1 unspecified atom stereocenters. The van der Waals surface area contributed by atoms with Crippen LogP contribution >= 0.6 is 0 Å². The minimum absolute atomic E-state index is 0.0927. The van der Waals surface area contributed by atoms with Crippen LogP contribution in [0, 0.1) is 0 Å². The average Bonchev–Trinajstić information content (AvgIpc) is 2.24. The first kappa shape index (κ1) is 13.7. The Labute approximate surface area is 97.8 Å². The summed E-state index contributed by atoms with van der Waals surface area (Å²) in [6.45, 7) is 1.41. The Morgan fingerprint density at radius 1 is 1.41 bits per heavy atom. The van der Waals surface area contributed by atoms with Crippen molar-refractivity contribution in [2.24, 2.45) is 0 Å². The van der Waals surface area contributed by atoms with Crippen molar-refractivity contribution in [2.75, 3.05) is 7.05 Å². The Kier molecular flexibility index (Phi) is 4.28. The average molecular weight is 245 g/mol. The number of hydrogen-bond donors (Lipinski definition) is 1. The van der Waals surface area contributed by atoms with Gasteiger partial charge in [0.15, 0.2) is 0 Å². The summed E-state index contributed by atoms with van der Waals surface area (Å²) in [6, 6.07) is 4.59. The van der Waals surface area contributed by atoms with E-state index in [4.69, 9.17) is 0 Å². The summed E-state index contributed by atoms with van der Waals surface area (Å²) >= 11 is 0. The molecule has 0 saturated carbocycles. The Hall–Kier alpha value is -1.36. The number of halogens is 3. The molecule has 0 radical (unpaired) electrons. The first-order valence-electron chi connectivity index (χ1n) is 5.18. The molecule has 1 N–H and O–H groups in total. The van der Waals surface area contributed by atoms with Gasteiger partial charge in [-0.05, 0) is 32.0 Å². The van der Waals surface area contributed by atoms with E-state index in [2.05, 4.69) is 5.32 Å². The van der Waals surface area contributed by atoms with Crippen molar-refractivity contribution in [1.82, 2.24) is 5.32 Å². The fourth-order valence-electron chi connectivity index (χ4n) is 1.56. The second-order valence-electron chi connectivity index (χ2n) is 3.85. The van der Waals surface area contributed by atoms with Crippen LogP contribution in [0.1, 0.15) is 18.1 Å². The van der Waals surface area contributed by atoms with Crippen molar-refractivity contribution >= 4 is 5.78 Å². The number of alkyl halides is 3. The summed E-state index contributed by atoms with van der Waals surface area (Å²) in [7, 11) is 1.61. The van der Waals surface area contributed by atoms with Gasteiger partial charge in [0.25, 0.3) is 0 Å². The zero-order valence-electron chi connectivity index (χ0n) is 9.64. The fraction of sp³-hybridized carbons (Fsp3) is 0.417. The highest BCUT2D eigenvalue weighted by Crippen LogP contribution is 2.29. The van der Waals surface area contributed by atoms with E-state index < -0.39 is 17.8 Å². The lowest BCUT2D eigenvalue weighted by molar-refractivity contribution is -0.137. The van der Waals surface area contributed by atoms with E-state index in [0.29, 0.717) is 5.56 Å². The number of benzene rings is 1. The normalized spacial score (nSPS) is 13.5. The molecular weight excluding hydrogens is 231 g/mol. The van der Waals surface area contributed by atoms with Crippen molar-refractivity contribution < 1.29 is 18.0 Å². The van der Waals surface area contributed by atoms with Crippen LogP contribution in [0.15, 0.2) is 24.3 Å². The third-order valence-corrected chi connectivity index (χ3v) is 2.53. The van der Waals surface area contributed by atoms with Gasteiger partial charge < -0.3 is 5.32 Å². The molecule has 0 fully saturated rings. The predicted octanol–water partition coefficient (Wildman–Crippen LogP) is 2.42. The first-order valence-corrected chi connectivity index (χ1v) is 5.18. The second-order valence-corrected chi connectivity index (χ2v) is 3.85. The summed E-state index contributed by atoms with van der Waals surface area (Å²) in [5, 5.41) is 2.78. The molecule has 1 aromatic carbocycles. The Morgan fingerprint density at radius 3 is 2.53 bits per heavy atom. The molecule has 0 heterocycles. The molecule has 1 atom stereocenters. The Morgan fingerprint density at radius 2 is 2.06 bits per heavy atom. The third kappa shape index (κ3) is 3.85. The van der Waals surface area contributed by atoms with Gasteiger partial charge >= 0.3 is 6.18 Å². The summed E-state index contributed by atoms with van der Waals surface area (Å²) < 4.78 is 37.4. The van der Waals surface area contributed by atoms with Gasteiger partial charge in [0.1, 0.15) is 5.78 Å². The highest BCUT2D eigenvalue weighted by molar-refractivity contribution is 5.81. The smallest absolute Gasteiger partial charge is 0.310 e. The van der Waals surface area contributed by atoms with Crippen LogP contribution in [0.2, 0.25) is 0 Å². The van der Waals surface area contributed by atoms with Crippen LogP contribution in [0.4, 0.5) is 13.2 Å². The third-order valence-electron chi connectivity index (χ3n) is 2.53. The van der Waals surface area contributed by atoms with Gasteiger partial charge in [-0.3, -0.25) is 4.79 Å². The molecule has 0 aromatic heterocycles. The molecule has 0 aliphatic rings. The van der Waals surface area contributed by atoms with Crippen LogP contribution in [0.3, 0.4) is 0 Å². The van der Waals surface area contributed by atoms with Crippen LogP contribution < -0.4 is 5.32 Å². The van der Waals surface area contributed by atoms with E-state index >= 15 is 0 Å². The highest BCUT2D eigenvalue weighted by Gasteiger charge is 2.30. The van der Waals surface area contributed by atoms with Gasteiger partial charge in [-0.25, -0.2) is 0 Å². The van der Waals surface area contributed by atoms with Gasteiger partial charge in [-0.15, -0.1) is 0 Å². The van der Waals surface area contributed by atoms with E-state index in [1.807, 2.05) is 0 Å². The molecule has 0 aliphatic carbocycles. The van der Waals surface area contributed by atoms with Crippen LogP contribution in [0.25, 0.3) is 0 Å². The van der Waals surface area contributed by atoms with E-state index in [0.717, 1.165) is 12.1 Å². The summed E-state index contributed by atoms with van der Waals surface area (Å²) in [6.07, 6.45) is -4.09. The van der Waals surface area contributed by atoms with Gasteiger partial charge in [-0.2, -0.15) is 13.2 Å².